The van der Waals surface area contributed by atoms with E-state index in [1.807, 2.05) is 31.2 Å². The summed E-state index contributed by atoms with van der Waals surface area (Å²) >= 11 is 0. The van der Waals surface area contributed by atoms with Crippen LogP contribution in [0, 0.1) is 12.7 Å². The molecule has 0 aliphatic carbocycles. The summed E-state index contributed by atoms with van der Waals surface area (Å²) in [6.45, 7) is 2.21. The van der Waals surface area contributed by atoms with Crippen molar-refractivity contribution < 1.29 is 14.2 Å². The van der Waals surface area contributed by atoms with E-state index in [0.717, 1.165) is 11.4 Å². The number of aryl methyl sites for hydroxylation is 1. The Balaban J connectivity index is 1.95. The van der Waals surface area contributed by atoms with Crippen LogP contribution in [0.5, 0.6) is 11.5 Å². The third-order valence-corrected chi connectivity index (χ3v) is 3.69. The minimum absolute atomic E-state index is 0.101. The van der Waals surface area contributed by atoms with Gasteiger partial charge < -0.3 is 15.2 Å². The van der Waals surface area contributed by atoms with Gasteiger partial charge >= 0.3 is 0 Å². The molecule has 0 spiro atoms. The molecule has 118 valence electrons. The number of rotatable bonds is 4. The fourth-order valence-electron chi connectivity index (χ4n) is 2.55. The van der Waals surface area contributed by atoms with Gasteiger partial charge in [0.05, 0.1) is 7.11 Å². The number of nitrogens with one attached hydrogen (secondary N) is 1. The van der Waals surface area contributed by atoms with Crippen LogP contribution < -0.4 is 10.1 Å². The number of hydrogen-bond acceptors (Lipinski definition) is 4. The Bertz CT molecular complexity index is 865. The quantitative estimate of drug-likeness (QED) is 0.764. The fourth-order valence-corrected chi connectivity index (χ4v) is 2.55. The van der Waals surface area contributed by atoms with E-state index in [2.05, 4.69) is 10.3 Å². The van der Waals surface area contributed by atoms with E-state index in [4.69, 9.17) is 4.74 Å². The summed E-state index contributed by atoms with van der Waals surface area (Å²) in [5.41, 5.74) is 2.53. The number of aromatic nitrogens is 1. The number of phenolic OH excluding ortho intramolecular Hbond substituents is 1. The van der Waals surface area contributed by atoms with Gasteiger partial charge in [0.1, 0.15) is 11.3 Å². The van der Waals surface area contributed by atoms with Gasteiger partial charge in [-0.15, -0.1) is 0 Å². The number of benzene rings is 2. The second-order valence-corrected chi connectivity index (χ2v) is 5.27. The van der Waals surface area contributed by atoms with Gasteiger partial charge in [0.25, 0.3) is 0 Å². The summed E-state index contributed by atoms with van der Waals surface area (Å²) in [4.78, 5) is 4.25. The molecule has 0 radical (unpaired) electrons. The summed E-state index contributed by atoms with van der Waals surface area (Å²) in [6.07, 6.45) is 0. The van der Waals surface area contributed by atoms with Gasteiger partial charge in [-0.1, -0.05) is 24.3 Å². The Morgan fingerprint density at radius 1 is 1.22 bits per heavy atom. The van der Waals surface area contributed by atoms with Crippen molar-refractivity contribution in [2.45, 2.75) is 13.5 Å². The minimum Gasteiger partial charge on any atom is -0.504 e. The molecule has 0 aliphatic heterocycles. The number of ether oxygens (including phenoxy) is 1. The Morgan fingerprint density at radius 2 is 2.00 bits per heavy atom. The third-order valence-electron chi connectivity index (χ3n) is 3.69. The molecule has 0 saturated heterocycles. The molecular formula is C18H17FN2O2. The molecule has 0 saturated carbocycles. The van der Waals surface area contributed by atoms with Crippen molar-refractivity contribution in [2.75, 3.05) is 12.4 Å². The number of halogens is 1. The van der Waals surface area contributed by atoms with Gasteiger partial charge in [-0.3, -0.25) is 0 Å². The zero-order valence-electron chi connectivity index (χ0n) is 12.9. The number of pyridine rings is 1. The number of hydrogen-bond donors (Lipinski definition) is 2. The van der Waals surface area contributed by atoms with E-state index < -0.39 is 0 Å². The molecule has 2 N–H and O–H groups in total. The molecule has 23 heavy (non-hydrogen) atoms. The number of fused-ring (bicyclic) bond motifs is 1. The molecule has 0 aliphatic rings. The number of phenols is 1. The van der Waals surface area contributed by atoms with E-state index in [1.165, 1.54) is 13.2 Å². The molecule has 4 nitrogen and oxygen atoms in total. The Morgan fingerprint density at radius 3 is 2.78 bits per heavy atom. The van der Waals surface area contributed by atoms with Gasteiger partial charge in [0, 0.05) is 28.9 Å². The van der Waals surface area contributed by atoms with Gasteiger partial charge in [-0.05, 0) is 25.1 Å². The van der Waals surface area contributed by atoms with Crippen LogP contribution in [-0.4, -0.2) is 17.2 Å². The lowest BCUT2D eigenvalue weighted by atomic mass is 10.1. The van der Waals surface area contributed by atoms with Crippen molar-refractivity contribution >= 4 is 16.6 Å². The number of nitrogens with zero attached hydrogens (tertiary/aromatic N) is 1. The lowest BCUT2D eigenvalue weighted by Crippen LogP contribution is -2.02. The van der Waals surface area contributed by atoms with Crippen LogP contribution in [0.1, 0.15) is 11.3 Å². The highest BCUT2D eigenvalue weighted by Gasteiger charge is 2.10. The molecular weight excluding hydrogens is 295 g/mol. The second kappa shape index (κ2) is 6.12. The molecule has 0 atom stereocenters. The van der Waals surface area contributed by atoms with Crippen molar-refractivity contribution in [3.05, 3.63) is 59.5 Å². The first-order valence-electron chi connectivity index (χ1n) is 7.24. The highest BCUT2D eigenvalue weighted by atomic mass is 19.1. The Labute approximate surface area is 133 Å². The normalized spacial score (nSPS) is 10.7. The second-order valence-electron chi connectivity index (χ2n) is 5.27. The van der Waals surface area contributed by atoms with Crippen LogP contribution >= 0.6 is 0 Å². The van der Waals surface area contributed by atoms with E-state index in [1.54, 1.807) is 12.1 Å². The molecule has 5 heteroatoms. The molecule has 3 rings (SSSR count). The van der Waals surface area contributed by atoms with Crippen LogP contribution in [0.15, 0.2) is 42.5 Å². The van der Waals surface area contributed by atoms with Gasteiger partial charge in [-0.2, -0.15) is 0 Å². The van der Waals surface area contributed by atoms with Crippen molar-refractivity contribution in [1.29, 1.82) is 0 Å². The first-order valence-corrected chi connectivity index (χ1v) is 7.24. The van der Waals surface area contributed by atoms with Crippen LogP contribution in [0.4, 0.5) is 10.1 Å². The molecule has 0 bridgehead atoms. The number of para-hydroxylation sites is 2. The first kappa shape index (κ1) is 15.1. The SMILES string of the molecule is COc1cccc(CNc2cc(C)nc3c(F)cccc23)c1O. The predicted molar refractivity (Wildman–Crippen MR) is 88.4 cm³/mol. The highest BCUT2D eigenvalue weighted by molar-refractivity contribution is 5.91. The fraction of sp³-hybridized carbons (Fsp3) is 0.167. The van der Waals surface area contributed by atoms with Crippen molar-refractivity contribution in [2.24, 2.45) is 0 Å². The van der Waals surface area contributed by atoms with Crippen LogP contribution in [0.3, 0.4) is 0 Å². The summed E-state index contributed by atoms with van der Waals surface area (Å²) in [5.74, 6) is 0.174. The standard InChI is InChI=1S/C18H17FN2O2/c1-11-9-15(13-6-4-7-14(19)17(13)21-11)20-10-12-5-3-8-16(23-2)18(12)22/h3-9,22H,10H2,1-2H3,(H,20,21). The molecule has 1 aromatic heterocycles. The van der Waals surface area contributed by atoms with Crippen LogP contribution in [-0.2, 0) is 6.54 Å². The minimum atomic E-state index is -0.349. The van der Waals surface area contributed by atoms with E-state index in [-0.39, 0.29) is 11.6 Å². The lowest BCUT2D eigenvalue weighted by molar-refractivity contribution is 0.371. The smallest absolute Gasteiger partial charge is 0.162 e. The third kappa shape index (κ3) is 2.90. The van der Waals surface area contributed by atoms with Gasteiger partial charge in [-0.25, -0.2) is 9.37 Å². The maximum atomic E-state index is 13.9. The molecule has 0 fully saturated rings. The van der Waals surface area contributed by atoms with Crippen LogP contribution in [0.2, 0.25) is 0 Å². The number of aromatic hydroxyl groups is 1. The molecule has 3 aromatic rings. The van der Waals surface area contributed by atoms with Crippen molar-refractivity contribution in [3.8, 4) is 11.5 Å². The van der Waals surface area contributed by atoms with Crippen LogP contribution in [0.25, 0.3) is 10.9 Å². The largest absolute Gasteiger partial charge is 0.504 e. The topological polar surface area (TPSA) is 54.4 Å². The molecule has 1 heterocycles. The molecule has 2 aromatic carbocycles. The monoisotopic (exact) mass is 312 g/mol. The molecule has 0 unspecified atom stereocenters. The van der Waals surface area contributed by atoms with Crippen molar-refractivity contribution in [3.63, 3.8) is 0 Å². The summed E-state index contributed by atoms with van der Waals surface area (Å²) < 4.78 is 19.0. The van der Waals surface area contributed by atoms with E-state index >= 15 is 0 Å². The highest BCUT2D eigenvalue weighted by Crippen LogP contribution is 2.31. The number of anilines is 1. The number of methoxy groups -OCH3 is 1. The maximum absolute atomic E-state index is 13.9. The van der Waals surface area contributed by atoms with Gasteiger partial charge in [0.15, 0.2) is 11.5 Å². The zero-order chi connectivity index (χ0) is 16.4. The zero-order valence-corrected chi connectivity index (χ0v) is 12.9. The maximum Gasteiger partial charge on any atom is 0.162 e. The predicted octanol–water partition coefficient (Wildman–Crippen LogP) is 4.01. The Hall–Kier alpha value is -2.82. The van der Waals surface area contributed by atoms with E-state index in [0.29, 0.717) is 28.8 Å². The van der Waals surface area contributed by atoms with Gasteiger partial charge in [0.2, 0.25) is 0 Å². The molecule has 0 amide bonds. The lowest BCUT2D eigenvalue weighted by Gasteiger charge is -2.13. The van der Waals surface area contributed by atoms with Crippen molar-refractivity contribution in [1.82, 2.24) is 4.98 Å². The average molecular weight is 312 g/mol. The first-order chi connectivity index (χ1) is 11.1. The summed E-state index contributed by atoms with van der Waals surface area (Å²) in [7, 11) is 1.51. The summed E-state index contributed by atoms with van der Waals surface area (Å²) in [5, 5.41) is 14.1. The van der Waals surface area contributed by atoms with E-state index in [9.17, 15) is 9.50 Å². The average Bonchev–Trinajstić information content (AvgIpc) is 2.54. The Kier molecular flexibility index (Phi) is 4.02. The summed E-state index contributed by atoms with van der Waals surface area (Å²) in [6, 6.07) is 12.0.